The Morgan fingerprint density at radius 1 is 1.35 bits per heavy atom. The number of carbonyl (C=O) groups excluding carboxylic acids is 2. The zero-order valence-electron chi connectivity index (χ0n) is 11.2. The number of nitrogens with one attached hydrogen (secondary N) is 1. The van der Waals surface area contributed by atoms with Gasteiger partial charge in [-0.1, -0.05) is 6.92 Å². The van der Waals surface area contributed by atoms with Crippen molar-refractivity contribution in [2.75, 3.05) is 19.6 Å². The van der Waals surface area contributed by atoms with E-state index in [1.807, 2.05) is 0 Å². The molecule has 0 aliphatic carbocycles. The number of likely N-dealkylation sites (tertiary alicyclic amines) is 1. The SMILES string of the molecule is CCC(=O)N1CC(CNC(=O)c2ccc(F)cc2F)C1. The number of hydrogen-bond donors (Lipinski definition) is 1. The number of halogens is 2. The maximum Gasteiger partial charge on any atom is 0.254 e. The fourth-order valence-electron chi connectivity index (χ4n) is 2.13. The van der Waals surface area contributed by atoms with Crippen molar-refractivity contribution in [2.24, 2.45) is 5.92 Å². The first-order valence-electron chi connectivity index (χ1n) is 6.52. The summed E-state index contributed by atoms with van der Waals surface area (Å²) in [6.07, 6.45) is 0.472. The third-order valence-corrected chi connectivity index (χ3v) is 3.34. The van der Waals surface area contributed by atoms with E-state index in [4.69, 9.17) is 0 Å². The van der Waals surface area contributed by atoms with Gasteiger partial charge >= 0.3 is 0 Å². The first-order valence-corrected chi connectivity index (χ1v) is 6.52. The van der Waals surface area contributed by atoms with E-state index in [1.165, 1.54) is 0 Å². The highest BCUT2D eigenvalue weighted by molar-refractivity contribution is 5.94. The minimum absolute atomic E-state index is 0.0946. The van der Waals surface area contributed by atoms with Gasteiger partial charge in [0.1, 0.15) is 11.6 Å². The van der Waals surface area contributed by atoms with E-state index in [1.54, 1.807) is 11.8 Å². The molecular formula is C14H16F2N2O2. The molecule has 1 heterocycles. The van der Waals surface area contributed by atoms with Gasteiger partial charge in [0.25, 0.3) is 5.91 Å². The smallest absolute Gasteiger partial charge is 0.254 e. The fourth-order valence-corrected chi connectivity index (χ4v) is 2.13. The molecule has 1 aliphatic rings. The van der Waals surface area contributed by atoms with Crippen molar-refractivity contribution >= 4 is 11.8 Å². The van der Waals surface area contributed by atoms with Crippen LogP contribution in [0.1, 0.15) is 23.7 Å². The Morgan fingerprint density at radius 2 is 2.05 bits per heavy atom. The molecule has 2 amide bonds. The minimum Gasteiger partial charge on any atom is -0.352 e. The van der Waals surface area contributed by atoms with Crippen LogP contribution < -0.4 is 5.32 Å². The summed E-state index contributed by atoms with van der Waals surface area (Å²) in [6.45, 7) is 3.40. The first-order chi connectivity index (χ1) is 9.51. The van der Waals surface area contributed by atoms with E-state index in [0.717, 1.165) is 12.1 Å². The maximum atomic E-state index is 13.4. The lowest BCUT2D eigenvalue weighted by atomic mass is 9.99. The van der Waals surface area contributed by atoms with Crippen molar-refractivity contribution in [3.8, 4) is 0 Å². The largest absolute Gasteiger partial charge is 0.352 e. The predicted octanol–water partition coefficient (Wildman–Crippen LogP) is 1.56. The summed E-state index contributed by atoms with van der Waals surface area (Å²) in [5.41, 5.74) is -0.174. The van der Waals surface area contributed by atoms with Gasteiger partial charge in [0, 0.05) is 38.0 Å². The maximum absolute atomic E-state index is 13.4. The lowest BCUT2D eigenvalue weighted by molar-refractivity contribution is -0.136. The molecule has 108 valence electrons. The molecule has 1 aromatic rings. The highest BCUT2D eigenvalue weighted by Gasteiger charge is 2.29. The fraction of sp³-hybridized carbons (Fsp3) is 0.429. The van der Waals surface area contributed by atoms with Crippen molar-refractivity contribution in [1.82, 2.24) is 10.2 Å². The minimum atomic E-state index is -0.876. The van der Waals surface area contributed by atoms with Crippen LogP contribution in [0.15, 0.2) is 18.2 Å². The molecule has 0 saturated carbocycles. The van der Waals surface area contributed by atoms with E-state index >= 15 is 0 Å². The van der Waals surface area contributed by atoms with Gasteiger partial charge in [0.15, 0.2) is 0 Å². The van der Waals surface area contributed by atoms with E-state index < -0.39 is 17.5 Å². The van der Waals surface area contributed by atoms with Gasteiger partial charge in [-0.2, -0.15) is 0 Å². The quantitative estimate of drug-likeness (QED) is 0.911. The zero-order valence-corrected chi connectivity index (χ0v) is 11.2. The van der Waals surface area contributed by atoms with Crippen molar-refractivity contribution in [1.29, 1.82) is 0 Å². The molecule has 0 radical (unpaired) electrons. The Labute approximate surface area is 115 Å². The molecule has 0 unspecified atom stereocenters. The molecule has 20 heavy (non-hydrogen) atoms. The number of rotatable bonds is 4. The Kier molecular flexibility index (Phi) is 4.32. The Bertz CT molecular complexity index is 528. The van der Waals surface area contributed by atoms with Crippen LogP contribution in [-0.2, 0) is 4.79 Å². The van der Waals surface area contributed by atoms with E-state index in [9.17, 15) is 18.4 Å². The number of amides is 2. The summed E-state index contributed by atoms with van der Waals surface area (Å²) in [5, 5.41) is 2.60. The van der Waals surface area contributed by atoms with E-state index in [-0.39, 0.29) is 17.4 Å². The van der Waals surface area contributed by atoms with Crippen molar-refractivity contribution in [2.45, 2.75) is 13.3 Å². The van der Waals surface area contributed by atoms with Crippen LogP contribution in [0.3, 0.4) is 0 Å². The second kappa shape index (κ2) is 5.98. The zero-order chi connectivity index (χ0) is 14.7. The third-order valence-electron chi connectivity index (χ3n) is 3.34. The summed E-state index contributed by atoms with van der Waals surface area (Å²) >= 11 is 0. The summed E-state index contributed by atoms with van der Waals surface area (Å²) < 4.78 is 26.1. The van der Waals surface area contributed by atoms with E-state index in [2.05, 4.69) is 5.32 Å². The second-order valence-corrected chi connectivity index (χ2v) is 4.85. The van der Waals surface area contributed by atoms with E-state index in [0.29, 0.717) is 32.1 Å². The van der Waals surface area contributed by atoms with Gasteiger partial charge in [0.05, 0.1) is 5.56 Å². The summed E-state index contributed by atoms with van der Waals surface area (Å²) in [7, 11) is 0. The van der Waals surface area contributed by atoms with Crippen LogP contribution in [0.2, 0.25) is 0 Å². The molecule has 1 aliphatic heterocycles. The van der Waals surface area contributed by atoms with Gasteiger partial charge in [-0.25, -0.2) is 8.78 Å². The molecule has 4 nitrogen and oxygen atoms in total. The van der Waals surface area contributed by atoms with Crippen molar-refractivity contribution < 1.29 is 18.4 Å². The number of benzene rings is 1. The van der Waals surface area contributed by atoms with Crippen LogP contribution in [0, 0.1) is 17.6 Å². The van der Waals surface area contributed by atoms with Crippen LogP contribution in [-0.4, -0.2) is 36.3 Å². The summed E-state index contributed by atoms with van der Waals surface area (Å²) in [4.78, 5) is 24.8. The van der Waals surface area contributed by atoms with Gasteiger partial charge in [-0.3, -0.25) is 9.59 Å². The van der Waals surface area contributed by atoms with Crippen LogP contribution >= 0.6 is 0 Å². The van der Waals surface area contributed by atoms with Crippen LogP contribution in [0.25, 0.3) is 0 Å². The van der Waals surface area contributed by atoms with Crippen LogP contribution in [0.4, 0.5) is 8.78 Å². The molecule has 1 N–H and O–H groups in total. The third kappa shape index (κ3) is 3.12. The number of carbonyl (C=O) groups is 2. The Hall–Kier alpha value is -1.98. The van der Waals surface area contributed by atoms with Gasteiger partial charge in [0.2, 0.25) is 5.91 Å². The molecule has 0 atom stereocenters. The van der Waals surface area contributed by atoms with Gasteiger partial charge in [-0.05, 0) is 12.1 Å². The first kappa shape index (κ1) is 14.4. The molecule has 0 bridgehead atoms. The summed E-state index contributed by atoms with van der Waals surface area (Å²) in [5.74, 6) is -1.87. The van der Waals surface area contributed by atoms with Gasteiger partial charge < -0.3 is 10.2 Å². The highest BCUT2D eigenvalue weighted by atomic mass is 19.1. The molecule has 0 spiro atoms. The molecule has 1 fully saturated rings. The standard InChI is InChI=1S/C14H16F2N2O2/c1-2-13(19)18-7-9(8-18)6-17-14(20)11-4-3-10(15)5-12(11)16/h3-5,9H,2,6-8H2,1H3,(H,17,20). The van der Waals surface area contributed by atoms with Crippen molar-refractivity contribution in [3.63, 3.8) is 0 Å². The lowest BCUT2D eigenvalue weighted by Gasteiger charge is -2.39. The van der Waals surface area contributed by atoms with Gasteiger partial charge in [-0.15, -0.1) is 0 Å². The Morgan fingerprint density at radius 3 is 2.65 bits per heavy atom. The lowest BCUT2D eigenvalue weighted by Crippen LogP contribution is -2.53. The normalized spacial score (nSPS) is 14.8. The Balaban J connectivity index is 1.81. The number of hydrogen-bond acceptors (Lipinski definition) is 2. The molecule has 1 aromatic carbocycles. The molecule has 0 aromatic heterocycles. The predicted molar refractivity (Wildman–Crippen MR) is 69.1 cm³/mol. The average Bonchev–Trinajstić information content (AvgIpc) is 2.36. The molecular weight excluding hydrogens is 266 g/mol. The molecule has 6 heteroatoms. The average molecular weight is 282 g/mol. The number of nitrogens with zero attached hydrogens (tertiary/aromatic N) is 1. The monoisotopic (exact) mass is 282 g/mol. The highest BCUT2D eigenvalue weighted by Crippen LogP contribution is 2.16. The topological polar surface area (TPSA) is 49.4 Å². The summed E-state index contributed by atoms with van der Waals surface area (Å²) in [6, 6.07) is 2.84. The van der Waals surface area contributed by atoms with Crippen LogP contribution in [0.5, 0.6) is 0 Å². The molecule has 1 saturated heterocycles. The molecule has 2 rings (SSSR count). The second-order valence-electron chi connectivity index (χ2n) is 4.85. The van der Waals surface area contributed by atoms with Crippen molar-refractivity contribution in [3.05, 3.63) is 35.4 Å².